The number of aromatic nitrogens is 15. The molecule has 0 saturated heterocycles. The topological polar surface area (TPSA) is 356 Å². The Morgan fingerprint density at radius 1 is 0.481 bits per heavy atom. The van der Waals surface area contributed by atoms with E-state index < -0.39 is 43.7 Å². The Hall–Kier alpha value is -4.85. The molecule has 0 spiro atoms. The summed E-state index contributed by atoms with van der Waals surface area (Å²) < 4.78 is 52.5. The molecule has 0 bridgehead atoms. The van der Waals surface area contributed by atoms with E-state index in [9.17, 15) is 52.9 Å². The maximum absolute atomic E-state index is 14.1. The molecule has 1 amide bonds. The lowest BCUT2D eigenvalue weighted by atomic mass is 9.93. The highest BCUT2D eigenvalue weighted by molar-refractivity contribution is 9.11. The van der Waals surface area contributed by atoms with Gasteiger partial charge in [0.1, 0.15) is 63.7 Å². The van der Waals surface area contributed by atoms with Gasteiger partial charge in [-0.2, -0.15) is 0 Å². The maximum atomic E-state index is 14.1. The van der Waals surface area contributed by atoms with Crippen molar-refractivity contribution in [2.75, 3.05) is 31.8 Å². The Bertz CT molecular complexity index is 6010. The molecule has 10 aromatic rings. The van der Waals surface area contributed by atoms with Crippen molar-refractivity contribution in [2.24, 2.45) is 0 Å². The minimum absolute atomic E-state index is 0.210. The molecule has 19 rings (SSSR count). The van der Waals surface area contributed by atoms with E-state index in [2.05, 4.69) is 145 Å². The first-order valence-electron chi connectivity index (χ1n) is 44.6. The molecule has 133 heavy (non-hydrogen) atoms. The summed E-state index contributed by atoms with van der Waals surface area (Å²) in [6, 6.07) is 0. The molecular formula is C88H105Br5F2N16O12S10. The number of rotatable bonds is 32. The van der Waals surface area contributed by atoms with Crippen LogP contribution >= 0.6 is 195 Å². The molecule has 45 heteroatoms. The molecule has 0 aliphatic heterocycles. The first kappa shape index (κ1) is 103. The molecule has 718 valence electrons. The number of esters is 3. The van der Waals surface area contributed by atoms with Gasteiger partial charge in [-0.05, 0) is 361 Å². The number of hydrogen-bond acceptors (Lipinski definition) is 31. The molecule has 2 atom stereocenters. The van der Waals surface area contributed by atoms with Gasteiger partial charge in [0.15, 0.2) is 31.6 Å². The fraction of sp³-hybridized carbons (Fsp3) is 0.591. The number of ketones is 1. The third-order valence-corrected chi connectivity index (χ3v) is 39.0. The van der Waals surface area contributed by atoms with Crippen molar-refractivity contribution >= 4 is 231 Å². The van der Waals surface area contributed by atoms with Crippen LogP contribution in [0.1, 0.15) is 281 Å². The van der Waals surface area contributed by atoms with Crippen molar-refractivity contribution in [1.82, 2.24) is 79.1 Å². The Balaban J connectivity index is 0.000000127. The van der Waals surface area contributed by atoms with Gasteiger partial charge in [0.05, 0.1) is 29.4 Å². The average molecular weight is 2340 g/mol. The van der Waals surface area contributed by atoms with E-state index in [1.807, 2.05) is 91.6 Å². The summed E-state index contributed by atoms with van der Waals surface area (Å²) in [5.41, 5.74) is 12.6. The van der Waals surface area contributed by atoms with Gasteiger partial charge in [-0.25, -0.2) is 8.78 Å². The minimum atomic E-state index is -2.73. The summed E-state index contributed by atoms with van der Waals surface area (Å²) >= 11 is 32.3. The Morgan fingerprint density at radius 2 is 0.842 bits per heavy atom. The van der Waals surface area contributed by atoms with E-state index in [1.165, 1.54) is 178 Å². The Labute approximate surface area is 853 Å². The van der Waals surface area contributed by atoms with Crippen LogP contribution in [0.4, 0.5) is 8.78 Å². The molecule has 10 aromatic heterocycles. The zero-order chi connectivity index (χ0) is 95.2. The number of aliphatic hydroxyl groups excluding tert-OH is 2. The van der Waals surface area contributed by atoms with Gasteiger partial charge in [-0.1, -0.05) is 74.7 Å². The standard InChI is InChI=1S/C20H27BrN4O4S2.C18H22BrN3O2S2.2C17H20BrN3O2S2.C16H16BrF2N3O2S2/c1-4-29-18(28)20(2,3)31-19-24-22-11-25(19)17-13-8-6-5-7-12(13)15(30-17)16(27)23-14(26)9-10-21;1-4-24-15(23)18(2,3)26-17-21-20-16(19)22(17)14-12-7-5-6-11(12)13(25-14)10-8-9-10;1-17(2,12(23)8-22)25-16-20-19-15(18)21(16)14-11-5-3-4-10(11)13(24-14)9-6-7-9;1-3-23-15(22)9(2)24-17-20-19-16(18)21(17)14-12-6-4-5-11(12)13(25-14)10-7-8-10;1-15(2,12(23)24)26-14-21-20-13(17)22(14)11-9-6-16(18,19)5-8(9)10(25-11)7-3-4-7/h11,14,26H,4-10H2,1-3H3,(H,23,27);10H,4-9H2,1-3H3;9,22H,3-8H2,1-2H3;9-10H,3-8H2,1-2H3;7H,3-6H2,1-2H3,(H,23,24). The number of nitrogens with one attached hydrogen (secondary N) is 1. The molecule has 4 saturated carbocycles. The van der Waals surface area contributed by atoms with Gasteiger partial charge >= 0.3 is 23.9 Å². The van der Waals surface area contributed by atoms with Crippen LogP contribution < -0.4 is 5.32 Å². The van der Waals surface area contributed by atoms with Crippen LogP contribution in [0.3, 0.4) is 0 Å². The molecule has 4 fully saturated rings. The predicted molar refractivity (Wildman–Crippen MR) is 537 cm³/mol. The maximum Gasteiger partial charge on any atom is 0.322 e. The minimum Gasteiger partial charge on any atom is -0.480 e. The summed E-state index contributed by atoms with van der Waals surface area (Å²) in [6.07, 6.45) is 24.9. The number of carbonyl (C=O) groups excluding carboxylic acids is 5. The van der Waals surface area contributed by atoms with Crippen LogP contribution in [0.25, 0.3) is 25.0 Å². The van der Waals surface area contributed by atoms with Gasteiger partial charge < -0.3 is 34.8 Å². The van der Waals surface area contributed by atoms with Gasteiger partial charge in [0.25, 0.3) is 11.8 Å². The summed E-state index contributed by atoms with van der Waals surface area (Å²) in [4.78, 5) is 79.4. The molecule has 28 nitrogen and oxygen atoms in total. The summed E-state index contributed by atoms with van der Waals surface area (Å²) in [6.45, 7) is 22.0. The van der Waals surface area contributed by atoms with E-state index in [1.54, 1.807) is 76.8 Å². The molecule has 10 heterocycles. The molecule has 2 unspecified atom stereocenters. The highest BCUT2D eigenvalue weighted by Crippen LogP contribution is 2.58. The van der Waals surface area contributed by atoms with Crippen molar-refractivity contribution in [3.63, 3.8) is 0 Å². The van der Waals surface area contributed by atoms with Crippen molar-refractivity contribution < 1.29 is 67.1 Å². The van der Waals surface area contributed by atoms with E-state index in [4.69, 9.17) is 14.2 Å². The monoisotopic (exact) mass is 2330 g/mol. The number of carbonyl (C=O) groups is 6. The number of aliphatic carboxylic acids is 1. The molecule has 9 aliphatic rings. The first-order valence-corrected chi connectivity index (χ1v) is 57.1. The zero-order valence-electron chi connectivity index (χ0n) is 75.5. The van der Waals surface area contributed by atoms with Crippen LogP contribution in [0, 0.1) is 0 Å². The van der Waals surface area contributed by atoms with Gasteiger partial charge in [0, 0.05) is 44.1 Å². The third-order valence-electron chi connectivity index (χ3n) is 23.9. The average Bonchev–Trinajstić information content (AvgIpc) is 1.58. The number of carboxylic acid groups (broad SMARTS) is 1. The number of hydrogen-bond donors (Lipinski definition) is 4. The number of fused-ring (bicyclic) bond motifs is 5. The molecule has 9 aliphatic carbocycles. The lowest BCUT2D eigenvalue weighted by molar-refractivity contribution is -0.145. The largest absolute Gasteiger partial charge is 0.480 e. The van der Waals surface area contributed by atoms with E-state index >= 15 is 0 Å². The molecule has 0 radical (unpaired) electrons. The second-order valence-electron chi connectivity index (χ2n) is 35.8. The number of Topliss-reactive ketones (excluding diaryl/α,β-unsaturated/α-hetero) is 1. The van der Waals surface area contributed by atoms with E-state index in [-0.39, 0.29) is 47.7 Å². The normalized spacial score (nSPS) is 16.9. The van der Waals surface area contributed by atoms with Crippen molar-refractivity contribution in [1.29, 1.82) is 0 Å². The van der Waals surface area contributed by atoms with Crippen LogP contribution in [0.5, 0.6) is 0 Å². The number of thioether (sulfide) groups is 5. The second kappa shape index (κ2) is 42.9. The molecule has 4 N–H and O–H groups in total. The Kier molecular flexibility index (Phi) is 33.1. The molecule has 0 aromatic carbocycles. The number of ether oxygens (including phenoxy) is 3. The van der Waals surface area contributed by atoms with Crippen LogP contribution in [-0.4, -0.2) is 193 Å². The Morgan fingerprint density at radius 3 is 1.26 bits per heavy atom. The number of thiophene rings is 5. The number of carboxylic acids is 1. The smallest absolute Gasteiger partial charge is 0.322 e. The van der Waals surface area contributed by atoms with Crippen molar-refractivity contribution in [2.45, 2.75) is 323 Å². The number of nitrogens with zero attached hydrogens (tertiary/aromatic N) is 15. The van der Waals surface area contributed by atoms with Crippen molar-refractivity contribution in [3.8, 4) is 25.0 Å². The lowest BCUT2D eigenvalue weighted by Crippen LogP contribution is -2.35. The highest BCUT2D eigenvalue weighted by atomic mass is 79.9. The van der Waals surface area contributed by atoms with Gasteiger partial charge in [-0.15, -0.1) is 108 Å². The van der Waals surface area contributed by atoms with E-state index in [0.717, 1.165) is 124 Å². The third kappa shape index (κ3) is 23.0. The van der Waals surface area contributed by atoms with Gasteiger partial charge in [-0.3, -0.25) is 51.6 Å². The summed E-state index contributed by atoms with van der Waals surface area (Å²) in [5, 5.41) is 81.9. The van der Waals surface area contributed by atoms with Crippen LogP contribution in [0.2, 0.25) is 0 Å². The van der Waals surface area contributed by atoms with Crippen LogP contribution in [-0.2, 0) is 102 Å². The summed E-state index contributed by atoms with van der Waals surface area (Å²) in [5.74, 6) is -2.32. The number of halogens is 7. The number of amides is 1. The first-order chi connectivity index (χ1) is 63.3. The van der Waals surface area contributed by atoms with Crippen LogP contribution in [0.15, 0.2) is 51.0 Å². The van der Waals surface area contributed by atoms with E-state index in [0.29, 0.717) is 87.3 Å². The number of aliphatic hydroxyl groups is 2. The quantitative estimate of drug-likeness (QED) is 0.01000. The lowest BCUT2D eigenvalue weighted by Gasteiger charge is -2.21. The SMILES string of the molecule is CC(C)(Sc1nnc(Br)n1-c1sc(C2CC2)c2c1CC(F)(F)C2)C(=O)O.CC(C)(Sc1nnc(Br)n1-c1sc(C2CC2)c2c1CCC2)C(=O)CO.CCOC(=O)C(C)(C)Sc1nnc(Br)n1-c1sc(C2CC2)c2c1CCC2.CCOC(=O)C(C)(C)Sc1nncn1-c1sc(C(=O)NC(O)CCBr)c2c1CCCC2.CCOC(=O)C(C)Sc1nnc(Br)n1-c1sc(C2CC2)c2c1CCC2. The van der Waals surface area contributed by atoms with Crippen molar-refractivity contribution in [3.05, 3.63) is 105 Å². The zero-order valence-corrected chi connectivity index (χ0v) is 91.6. The predicted octanol–water partition coefficient (Wildman–Crippen LogP) is 21.4. The fourth-order valence-electron chi connectivity index (χ4n) is 16.5. The van der Waals surface area contributed by atoms with Gasteiger partial charge in [0.2, 0.25) is 18.9 Å². The highest BCUT2D eigenvalue weighted by Gasteiger charge is 2.47. The number of alkyl halides is 3. The fourth-order valence-corrected chi connectivity index (χ4v) is 31.9. The molecular weight excluding hydrogens is 2230 g/mol. The second-order valence-corrected chi connectivity index (χ2v) is 52.2. The summed E-state index contributed by atoms with van der Waals surface area (Å²) in [7, 11) is 0.